The summed E-state index contributed by atoms with van der Waals surface area (Å²) in [6.07, 6.45) is 0. The predicted octanol–water partition coefficient (Wildman–Crippen LogP) is 0.881. The van der Waals surface area contributed by atoms with E-state index in [1.807, 2.05) is 12.1 Å². The molecular weight excluding hydrogens is 394 g/mol. The van der Waals surface area contributed by atoms with E-state index in [9.17, 15) is 18.0 Å². The van der Waals surface area contributed by atoms with Crippen molar-refractivity contribution in [3.05, 3.63) is 35.4 Å². The van der Waals surface area contributed by atoms with Gasteiger partial charge in [-0.1, -0.05) is 32.9 Å². The first-order chi connectivity index (χ1) is 13.5. The first kappa shape index (κ1) is 23.3. The zero-order chi connectivity index (χ0) is 21.7. The number of carbonyl (C=O) groups is 2. The number of morpholine rings is 1. The van der Waals surface area contributed by atoms with Crippen molar-refractivity contribution in [1.29, 1.82) is 0 Å². The molecule has 1 atom stereocenters. The molecule has 2 N–H and O–H groups in total. The maximum absolute atomic E-state index is 12.4. The van der Waals surface area contributed by atoms with Gasteiger partial charge in [-0.25, -0.2) is 8.42 Å². The lowest BCUT2D eigenvalue weighted by Crippen LogP contribution is -2.47. The summed E-state index contributed by atoms with van der Waals surface area (Å²) in [5.41, 5.74) is 1.57. The van der Waals surface area contributed by atoms with Crippen molar-refractivity contribution in [2.24, 2.45) is 0 Å². The molecule has 0 radical (unpaired) electrons. The molecule has 1 aromatic rings. The summed E-state index contributed by atoms with van der Waals surface area (Å²) >= 11 is 0. The molecule has 0 aliphatic carbocycles. The molecule has 9 heteroatoms. The van der Waals surface area contributed by atoms with Crippen molar-refractivity contribution in [3.63, 3.8) is 0 Å². The van der Waals surface area contributed by atoms with Crippen molar-refractivity contribution >= 4 is 21.8 Å². The van der Waals surface area contributed by atoms with E-state index in [2.05, 4.69) is 31.4 Å². The van der Waals surface area contributed by atoms with Gasteiger partial charge < -0.3 is 15.4 Å². The first-order valence-electron chi connectivity index (χ1n) is 9.75. The Morgan fingerprint density at radius 3 is 2.28 bits per heavy atom. The average Bonchev–Trinajstić information content (AvgIpc) is 2.67. The Morgan fingerprint density at radius 1 is 1.14 bits per heavy atom. The number of sulfonamides is 1. The zero-order valence-electron chi connectivity index (χ0n) is 17.5. The highest BCUT2D eigenvalue weighted by molar-refractivity contribution is 7.89. The lowest BCUT2D eigenvalue weighted by molar-refractivity contribution is -0.122. The topological polar surface area (TPSA) is 105 Å². The summed E-state index contributed by atoms with van der Waals surface area (Å²) in [4.78, 5) is 24.6. The second kappa shape index (κ2) is 9.69. The summed E-state index contributed by atoms with van der Waals surface area (Å²) in [5, 5.41) is 5.21. The van der Waals surface area contributed by atoms with Crippen LogP contribution in [0, 0.1) is 0 Å². The molecule has 2 rings (SSSR count). The summed E-state index contributed by atoms with van der Waals surface area (Å²) in [7, 11) is -3.44. The van der Waals surface area contributed by atoms with Crippen LogP contribution in [0.3, 0.4) is 0 Å². The molecule has 1 unspecified atom stereocenters. The fraction of sp³-hybridized carbons (Fsp3) is 0.600. The van der Waals surface area contributed by atoms with Crippen molar-refractivity contribution < 1.29 is 22.7 Å². The molecule has 8 nitrogen and oxygen atoms in total. The lowest BCUT2D eigenvalue weighted by Gasteiger charge is -2.26. The van der Waals surface area contributed by atoms with Gasteiger partial charge in [-0.05, 0) is 30.0 Å². The van der Waals surface area contributed by atoms with Crippen LogP contribution in [0.5, 0.6) is 0 Å². The van der Waals surface area contributed by atoms with Crippen molar-refractivity contribution in [2.75, 3.05) is 38.6 Å². The number of ether oxygens (including phenoxy) is 1. The lowest BCUT2D eigenvalue weighted by atomic mass is 9.86. The number of carbonyl (C=O) groups excluding carboxylic acids is 2. The third kappa shape index (κ3) is 6.80. The molecule has 1 heterocycles. The monoisotopic (exact) mass is 425 g/mol. The molecule has 29 heavy (non-hydrogen) atoms. The fourth-order valence-electron chi connectivity index (χ4n) is 2.88. The Bertz CT molecular complexity index is 810. The maximum atomic E-state index is 12.4. The molecule has 1 aliphatic heterocycles. The minimum atomic E-state index is -3.44. The molecule has 0 bridgehead atoms. The van der Waals surface area contributed by atoms with E-state index in [-0.39, 0.29) is 23.6 Å². The molecule has 2 amide bonds. The summed E-state index contributed by atoms with van der Waals surface area (Å²) in [5.74, 6) is -0.968. The smallest absolute Gasteiger partial charge is 0.251 e. The molecule has 1 aliphatic rings. The minimum absolute atomic E-state index is 0.0102. The Hall–Kier alpha value is -1.97. The van der Waals surface area contributed by atoms with E-state index < -0.39 is 22.0 Å². The molecule has 1 saturated heterocycles. The van der Waals surface area contributed by atoms with Gasteiger partial charge in [-0.3, -0.25) is 9.59 Å². The van der Waals surface area contributed by atoms with Crippen LogP contribution in [-0.2, 0) is 25.0 Å². The van der Waals surface area contributed by atoms with Gasteiger partial charge in [-0.2, -0.15) is 4.31 Å². The van der Waals surface area contributed by atoms with Gasteiger partial charge in [0.1, 0.15) is 6.04 Å². The number of hydrogen-bond donors (Lipinski definition) is 2. The van der Waals surface area contributed by atoms with Gasteiger partial charge in [0.2, 0.25) is 15.9 Å². The molecule has 0 spiro atoms. The van der Waals surface area contributed by atoms with Gasteiger partial charge in [0.25, 0.3) is 5.91 Å². The fourth-order valence-corrected chi connectivity index (χ4v) is 4.20. The SMILES string of the molecule is CC(NC(=O)c1ccc(C(C)(C)C)cc1)C(=O)NCCS(=O)(=O)N1CCOCC1. The van der Waals surface area contributed by atoms with Crippen molar-refractivity contribution in [3.8, 4) is 0 Å². The normalized spacial score (nSPS) is 16.8. The highest BCUT2D eigenvalue weighted by Crippen LogP contribution is 2.22. The number of nitrogens with one attached hydrogen (secondary N) is 2. The molecule has 1 fully saturated rings. The Balaban J connectivity index is 1.81. The van der Waals surface area contributed by atoms with Gasteiger partial charge >= 0.3 is 0 Å². The maximum Gasteiger partial charge on any atom is 0.251 e. The van der Waals surface area contributed by atoms with Gasteiger partial charge in [-0.15, -0.1) is 0 Å². The number of hydrogen-bond acceptors (Lipinski definition) is 5. The third-order valence-electron chi connectivity index (χ3n) is 4.78. The van der Waals surface area contributed by atoms with Crippen LogP contribution in [0.4, 0.5) is 0 Å². The van der Waals surface area contributed by atoms with Crippen LogP contribution in [0.1, 0.15) is 43.6 Å². The molecular formula is C20H31N3O5S. The van der Waals surface area contributed by atoms with Gasteiger partial charge in [0, 0.05) is 25.2 Å². The largest absolute Gasteiger partial charge is 0.379 e. The third-order valence-corrected chi connectivity index (χ3v) is 6.65. The number of benzene rings is 1. The predicted molar refractivity (Wildman–Crippen MR) is 111 cm³/mol. The van der Waals surface area contributed by atoms with Crippen LogP contribution >= 0.6 is 0 Å². The Labute approximate surface area is 173 Å². The highest BCUT2D eigenvalue weighted by atomic mass is 32.2. The van der Waals surface area contributed by atoms with Gasteiger partial charge in [0.05, 0.1) is 19.0 Å². The highest BCUT2D eigenvalue weighted by Gasteiger charge is 2.24. The van der Waals surface area contributed by atoms with E-state index in [1.165, 1.54) is 4.31 Å². The zero-order valence-corrected chi connectivity index (χ0v) is 18.3. The van der Waals surface area contributed by atoms with Crippen molar-refractivity contribution in [1.82, 2.24) is 14.9 Å². The average molecular weight is 426 g/mol. The molecule has 0 aromatic heterocycles. The second-order valence-corrected chi connectivity index (χ2v) is 10.2. The van der Waals surface area contributed by atoms with Crippen LogP contribution < -0.4 is 10.6 Å². The van der Waals surface area contributed by atoms with E-state index >= 15 is 0 Å². The van der Waals surface area contributed by atoms with E-state index in [0.29, 0.717) is 31.9 Å². The summed E-state index contributed by atoms with van der Waals surface area (Å²) < 4.78 is 31.0. The first-order valence-corrected chi connectivity index (χ1v) is 11.4. The summed E-state index contributed by atoms with van der Waals surface area (Å²) in [6, 6.07) is 6.48. The van der Waals surface area contributed by atoms with Crippen LogP contribution in [0.2, 0.25) is 0 Å². The van der Waals surface area contributed by atoms with Gasteiger partial charge in [0.15, 0.2) is 0 Å². The molecule has 1 aromatic carbocycles. The second-order valence-electron chi connectivity index (χ2n) is 8.14. The van der Waals surface area contributed by atoms with Crippen LogP contribution in [-0.4, -0.2) is 69.2 Å². The summed E-state index contributed by atoms with van der Waals surface area (Å²) in [6.45, 7) is 9.24. The van der Waals surface area contributed by atoms with Crippen LogP contribution in [0.25, 0.3) is 0 Å². The Morgan fingerprint density at radius 2 is 1.72 bits per heavy atom. The van der Waals surface area contributed by atoms with E-state index in [4.69, 9.17) is 4.74 Å². The minimum Gasteiger partial charge on any atom is -0.379 e. The number of rotatable bonds is 7. The standard InChI is InChI=1S/C20H31N3O5S/c1-15(22-19(25)16-5-7-17(8-6-16)20(2,3)4)18(24)21-9-14-29(26,27)23-10-12-28-13-11-23/h5-8,15H,9-14H2,1-4H3,(H,21,24)(H,22,25). The quantitative estimate of drug-likeness (QED) is 0.675. The molecule has 162 valence electrons. The van der Waals surface area contributed by atoms with E-state index in [0.717, 1.165) is 5.56 Å². The Kier molecular flexibility index (Phi) is 7.79. The van der Waals surface area contributed by atoms with Crippen molar-refractivity contribution in [2.45, 2.75) is 39.2 Å². The molecule has 0 saturated carbocycles. The van der Waals surface area contributed by atoms with Crippen LogP contribution in [0.15, 0.2) is 24.3 Å². The number of nitrogens with zero attached hydrogens (tertiary/aromatic N) is 1. The number of amides is 2. The van der Waals surface area contributed by atoms with E-state index in [1.54, 1.807) is 19.1 Å².